The van der Waals surface area contributed by atoms with Gasteiger partial charge in [0.2, 0.25) is 0 Å². The summed E-state index contributed by atoms with van der Waals surface area (Å²) in [6.45, 7) is 2.14. The summed E-state index contributed by atoms with van der Waals surface area (Å²) in [5.74, 6) is 0.560. The second kappa shape index (κ2) is 5.93. The van der Waals surface area contributed by atoms with Crippen molar-refractivity contribution in [2.24, 2.45) is 5.92 Å². The summed E-state index contributed by atoms with van der Waals surface area (Å²) in [4.78, 5) is 13.1. The van der Waals surface area contributed by atoms with Crippen LogP contribution in [0.25, 0.3) is 0 Å². The lowest BCUT2D eigenvalue weighted by molar-refractivity contribution is -0.141. The summed E-state index contributed by atoms with van der Waals surface area (Å²) in [6.07, 6.45) is 0.719. The lowest BCUT2D eigenvalue weighted by atomic mass is 10.1. The van der Waals surface area contributed by atoms with E-state index in [2.05, 4.69) is 4.90 Å². The number of nitrogens with zero attached hydrogens (tertiary/aromatic N) is 1. The highest BCUT2D eigenvalue weighted by Crippen LogP contribution is 2.25. The zero-order valence-corrected chi connectivity index (χ0v) is 11.3. The van der Waals surface area contributed by atoms with Gasteiger partial charge in [0.25, 0.3) is 0 Å². The van der Waals surface area contributed by atoms with Gasteiger partial charge in [0.1, 0.15) is 11.5 Å². The predicted octanol–water partition coefficient (Wildman–Crippen LogP) is 1.61. The molecular formula is C14H19NO4. The number of carboxylic acids is 1. The number of benzene rings is 1. The fraction of sp³-hybridized carbons (Fsp3) is 0.500. The van der Waals surface area contributed by atoms with Crippen LogP contribution in [0.15, 0.2) is 18.2 Å². The largest absolute Gasteiger partial charge is 0.497 e. The summed E-state index contributed by atoms with van der Waals surface area (Å²) in [5, 5.41) is 8.99. The molecule has 0 radical (unpaired) electrons. The van der Waals surface area contributed by atoms with Gasteiger partial charge in [-0.15, -0.1) is 0 Å². The Morgan fingerprint density at radius 3 is 2.42 bits per heavy atom. The SMILES string of the molecule is COc1cc(CN2CCC(C(=O)O)C2)cc(OC)c1. The van der Waals surface area contributed by atoms with E-state index in [-0.39, 0.29) is 5.92 Å². The normalized spacial score (nSPS) is 19.4. The number of hydrogen-bond donors (Lipinski definition) is 1. The molecule has 1 N–H and O–H groups in total. The van der Waals surface area contributed by atoms with Gasteiger partial charge >= 0.3 is 5.97 Å². The minimum absolute atomic E-state index is 0.243. The van der Waals surface area contributed by atoms with Gasteiger partial charge in [0.15, 0.2) is 0 Å². The summed E-state index contributed by atoms with van der Waals surface area (Å²) in [6, 6.07) is 5.74. The third kappa shape index (κ3) is 3.38. The Morgan fingerprint density at radius 2 is 1.95 bits per heavy atom. The number of ether oxygens (including phenoxy) is 2. The van der Waals surface area contributed by atoms with Crippen LogP contribution < -0.4 is 9.47 Å². The topological polar surface area (TPSA) is 59.0 Å². The van der Waals surface area contributed by atoms with Crippen LogP contribution in [-0.2, 0) is 11.3 Å². The molecule has 0 saturated carbocycles. The van der Waals surface area contributed by atoms with Gasteiger partial charge < -0.3 is 14.6 Å². The molecule has 0 aromatic heterocycles. The Balaban J connectivity index is 2.05. The first-order valence-electron chi connectivity index (χ1n) is 6.29. The van der Waals surface area contributed by atoms with Crippen LogP contribution in [-0.4, -0.2) is 43.3 Å². The number of hydrogen-bond acceptors (Lipinski definition) is 4. The van der Waals surface area contributed by atoms with Crippen molar-refractivity contribution in [3.63, 3.8) is 0 Å². The molecule has 1 fully saturated rings. The fourth-order valence-electron chi connectivity index (χ4n) is 2.39. The molecule has 1 aromatic carbocycles. The van der Waals surface area contributed by atoms with Crippen molar-refractivity contribution >= 4 is 5.97 Å². The number of carbonyl (C=O) groups is 1. The minimum Gasteiger partial charge on any atom is -0.497 e. The Kier molecular flexibility index (Phi) is 4.27. The first-order valence-corrected chi connectivity index (χ1v) is 6.29. The third-order valence-electron chi connectivity index (χ3n) is 3.44. The van der Waals surface area contributed by atoms with Crippen LogP contribution >= 0.6 is 0 Å². The Morgan fingerprint density at radius 1 is 1.32 bits per heavy atom. The molecule has 104 valence electrons. The van der Waals surface area contributed by atoms with Crippen LogP contribution in [0.2, 0.25) is 0 Å². The highest BCUT2D eigenvalue weighted by molar-refractivity contribution is 5.70. The molecule has 5 nitrogen and oxygen atoms in total. The van der Waals surface area contributed by atoms with Crippen LogP contribution in [0.4, 0.5) is 0 Å². The molecule has 1 atom stereocenters. The number of likely N-dealkylation sites (tertiary alicyclic amines) is 1. The smallest absolute Gasteiger partial charge is 0.307 e. The van der Waals surface area contributed by atoms with Crippen molar-refractivity contribution < 1.29 is 19.4 Å². The Hall–Kier alpha value is -1.75. The highest BCUT2D eigenvalue weighted by Gasteiger charge is 2.27. The average Bonchev–Trinajstić information content (AvgIpc) is 2.87. The molecular weight excluding hydrogens is 246 g/mol. The molecule has 1 unspecified atom stereocenters. The van der Waals surface area contributed by atoms with Gasteiger partial charge in [-0.1, -0.05) is 0 Å². The van der Waals surface area contributed by atoms with E-state index < -0.39 is 5.97 Å². The monoisotopic (exact) mass is 265 g/mol. The van der Waals surface area contributed by atoms with E-state index in [0.29, 0.717) is 6.54 Å². The predicted molar refractivity (Wildman–Crippen MR) is 70.6 cm³/mol. The minimum atomic E-state index is -0.703. The molecule has 2 rings (SSSR count). The van der Waals surface area contributed by atoms with Crippen molar-refractivity contribution in [2.45, 2.75) is 13.0 Å². The van der Waals surface area contributed by atoms with E-state index in [1.54, 1.807) is 14.2 Å². The van der Waals surface area contributed by atoms with Crippen LogP contribution in [0, 0.1) is 5.92 Å². The third-order valence-corrected chi connectivity index (χ3v) is 3.44. The molecule has 0 aliphatic carbocycles. The average molecular weight is 265 g/mol. The van der Waals surface area contributed by atoms with E-state index in [9.17, 15) is 4.79 Å². The zero-order chi connectivity index (χ0) is 13.8. The van der Waals surface area contributed by atoms with Gasteiger partial charge in [-0.05, 0) is 30.7 Å². The summed E-state index contributed by atoms with van der Waals surface area (Å²) in [5.41, 5.74) is 1.07. The number of rotatable bonds is 5. The second-order valence-corrected chi connectivity index (χ2v) is 4.78. The van der Waals surface area contributed by atoms with Crippen molar-refractivity contribution in [3.8, 4) is 11.5 Å². The molecule has 0 spiro atoms. The lowest BCUT2D eigenvalue weighted by Crippen LogP contribution is -2.22. The molecule has 1 aromatic rings. The number of methoxy groups -OCH3 is 2. The van der Waals surface area contributed by atoms with E-state index in [1.165, 1.54) is 0 Å². The maximum Gasteiger partial charge on any atom is 0.307 e. The van der Waals surface area contributed by atoms with E-state index in [0.717, 1.165) is 36.6 Å². The lowest BCUT2D eigenvalue weighted by Gasteiger charge is -2.16. The molecule has 1 saturated heterocycles. The van der Waals surface area contributed by atoms with Gasteiger partial charge in [-0.2, -0.15) is 0 Å². The standard InChI is InChI=1S/C14H19NO4/c1-18-12-5-10(6-13(7-12)19-2)8-15-4-3-11(9-15)14(16)17/h5-7,11H,3-4,8-9H2,1-2H3,(H,16,17). The van der Waals surface area contributed by atoms with E-state index >= 15 is 0 Å². The summed E-state index contributed by atoms with van der Waals surface area (Å²) < 4.78 is 10.5. The van der Waals surface area contributed by atoms with Crippen molar-refractivity contribution in [2.75, 3.05) is 27.3 Å². The molecule has 19 heavy (non-hydrogen) atoms. The molecule has 0 amide bonds. The summed E-state index contributed by atoms with van der Waals surface area (Å²) in [7, 11) is 3.24. The summed E-state index contributed by atoms with van der Waals surface area (Å²) >= 11 is 0. The Bertz CT molecular complexity index is 439. The number of carboxylic acid groups (broad SMARTS) is 1. The molecule has 5 heteroatoms. The maximum absolute atomic E-state index is 10.9. The van der Waals surface area contributed by atoms with Gasteiger partial charge in [-0.3, -0.25) is 9.69 Å². The molecule has 1 aliphatic rings. The van der Waals surface area contributed by atoms with Crippen molar-refractivity contribution in [3.05, 3.63) is 23.8 Å². The molecule has 1 aliphatic heterocycles. The zero-order valence-electron chi connectivity index (χ0n) is 11.3. The quantitative estimate of drug-likeness (QED) is 0.876. The van der Waals surface area contributed by atoms with Crippen molar-refractivity contribution in [1.82, 2.24) is 4.90 Å². The van der Waals surface area contributed by atoms with Crippen LogP contribution in [0.5, 0.6) is 11.5 Å². The fourth-order valence-corrected chi connectivity index (χ4v) is 2.39. The second-order valence-electron chi connectivity index (χ2n) is 4.78. The van der Waals surface area contributed by atoms with E-state index in [4.69, 9.17) is 14.6 Å². The van der Waals surface area contributed by atoms with Gasteiger partial charge in [0.05, 0.1) is 20.1 Å². The van der Waals surface area contributed by atoms with Crippen LogP contribution in [0.3, 0.4) is 0 Å². The Labute approximate surface area is 112 Å². The van der Waals surface area contributed by atoms with Gasteiger partial charge in [0, 0.05) is 19.2 Å². The van der Waals surface area contributed by atoms with E-state index in [1.807, 2.05) is 18.2 Å². The molecule has 1 heterocycles. The highest BCUT2D eigenvalue weighted by atomic mass is 16.5. The molecule has 0 bridgehead atoms. The number of aliphatic carboxylic acids is 1. The van der Waals surface area contributed by atoms with Crippen LogP contribution in [0.1, 0.15) is 12.0 Å². The maximum atomic E-state index is 10.9. The first-order chi connectivity index (χ1) is 9.12. The first kappa shape index (κ1) is 13.7. The van der Waals surface area contributed by atoms with Gasteiger partial charge in [-0.25, -0.2) is 0 Å². The van der Waals surface area contributed by atoms with Crippen molar-refractivity contribution in [1.29, 1.82) is 0 Å².